The van der Waals surface area contributed by atoms with E-state index >= 15 is 0 Å². The third-order valence-corrected chi connectivity index (χ3v) is 5.29. The zero-order valence-corrected chi connectivity index (χ0v) is 12.6. The first kappa shape index (κ1) is 15.3. The minimum Gasteiger partial charge on any atom is -0.389 e. The van der Waals surface area contributed by atoms with Crippen LogP contribution in [0, 0.1) is 5.82 Å². The van der Waals surface area contributed by atoms with E-state index in [2.05, 4.69) is 4.90 Å². The van der Waals surface area contributed by atoms with Crippen molar-refractivity contribution in [3.63, 3.8) is 0 Å². The van der Waals surface area contributed by atoms with E-state index in [0.717, 1.165) is 12.1 Å². The van der Waals surface area contributed by atoms with Gasteiger partial charge in [-0.05, 0) is 30.7 Å². The molecule has 1 fully saturated rings. The van der Waals surface area contributed by atoms with E-state index in [0.29, 0.717) is 19.5 Å². The van der Waals surface area contributed by atoms with Gasteiger partial charge in [-0.25, -0.2) is 12.8 Å². The van der Waals surface area contributed by atoms with Crippen molar-refractivity contribution < 1.29 is 12.8 Å². The van der Waals surface area contributed by atoms with Crippen molar-refractivity contribution in [1.29, 1.82) is 0 Å². The second kappa shape index (κ2) is 6.15. The van der Waals surface area contributed by atoms with E-state index in [9.17, 15) is 12.8 Å². The Morgan fingerprint density at radius 3 is 2.80 bits per heavy atom. The molecule has 0 aliphatic carbocycles. The number of hydrogen-bond acceptors (Lipinski definition) is 4. The monoisotopic (exact) mass is 316 g/mol. The molecule has 0 bridgehead atoms. The number of thiocarbonyl (C=S) groups is 1. The molecule has 1 aliphatic heterocycles. The molecule has 1 saturated heterocycles. The van der Waals surface area contributed by atoms with Gasteiger partial charge in [-0.1, -0.05) is 18.3 Å². The molecule has 2 rings (SSSR count). The van der Waals surface area contributed by atoms with Crippen LogP contribution in [0.25, 0.3) is 0 Å². The van der Waals surface area contributed by atoms with Gasteiger partial charge in [0.25, 0.3) is 0 Å². The van der Waals surface area contributed by atoms with Crippen molar-refractivity contribution in [2.45, 2.75) is 13.0 Å². The number of rotatable bonds is 3. The second-order valence-electron chi connectivity index (χ2n) is 4.96. The molecule has 0 atom stereocenters. The summed E-state index contributed by atoms with van der Waals surface area (Å²) in [5, 5.41) is 0. The molecule has 0 unspecified atom stereocenters. The van der Waals surface area contributed by atoms with Crippen LogP contribution in [0.2, 0.25) is 0 Å². The highest BCUT2D eigenvalue weighted by Crippen LogP contribution is 2.14. The first-order valence-electron chi connectivity index (χ1n) is 6.38. The Bertz CT molecular complexity index is 617. The summed E-state index contributed by atoms with van der Waals surface area (Å²) in [6, 6.07) is 4.66. The maximum atomic E-state index is 13.5. The molecule has 0 saturated carbocycles. The number of nitrogens with zero attached hydrogens (tertiary/aromatic N) is 1. The van der Waals surface area contributed by atoms with Gasteiger partial charge in [0, 0.05) is 18.7 Å². The van der Waals surface area contributed by atoms with Gasteiger partial charge in [-0.2, -0.15) is 0 Å². The van der Waals surface area contributed by atoms with Crippen molar-refractivity contribution in [3.8, 4) is 0 Å². The molecular weight excluding hydrogens is 299 g/mol. The van der Waals surface area contributed by atoms with Crippen molar-refractivity contribution in [2.24, 2.45) is 5.73 Å². The lowest BCUT2D eigenvalue weighted by Crippen LogP contribution is -2.26. The average Bonchev–Trinajstić information content (AvgIpc) is 2.53. The summed E-state index contributed by atoms with van der Waals surface area (Å²) >= 11 is 4.81. The minimum absolute atomic E-state index is 0.0304. The number of hydrogen-bond donors (Lipinski definition) is 1. The molecule has 0 spiro atoms. The van der Waals surface area contributed by atoms with Crippen molar-refractivity contribution in [1.82, 2.24) is 4.90 Å². The molecule has 4 nitrogen and oxygen atoms in total. The molecule has 1 heterocycles. The normalized spacial score (nSPS) is 19.4. The quantitative estimate of drug-likeness (QED) is 0.846. The molecule has 2 N–H and O–H groups in total. The molecule has 110 valence electrons. The van der Waals surface area contributed by atoms with Gasteiger partial charge in [0.1, 0.15) is 10.8 Å². The summed E-state index contributed by atoms with van der Waals surface area (Å²) in [5.41, 5.74) is 6.59. The number of sulfone groups is 1. The number of benzene rings is 1. The lowest BCUT2D eigenvalue weighted by atomic mass is 10.1. The topological polar surface area (TPSA) is 63.4 Å². The van der Waals surface area contributed by atoms with Gasteiger partial charge in [0.15, 0.2) is 9.84 Å². The fourth-order valence-corrected chi connectivity index (χ4v) is 3.73. The lowest BCUT2D eigenvalue weighted by molar-refractivity contribution is 0.287. The Balaban J connectivity index is 2.10. The largest absolute Gasteiger partial charge is 0.389 e. The highest BCUT2D eigenvalue weighted by Gasteiger charge is 2.19. The van der Waals surface area contributed by atoms with Crippen LogP contribution >= 0.6 is 12.2 Å². The van der Waals surface area contributed by atoms with Crippen LogP contribution in [0.5, 0.6) is 0 Å². The summed E-state index contributed by atoms with van der Waals surface area (Å²) in [7, 11) is -2.92. The van der Waals surface area contributed by atoms with Crippen molar-refractivity contribution in [2.75, 3.05) is 24.6 Å². The molecule has 0 amide bonds. The summed E-state index contributed by atoms with van der Waals surface area (Å²) in [5.74, 6) is -0.0128. The first-order valence-corrected chi connectivity index (χ1v) is 8.61. The van der Waals surface area contributed by atoms with Crippen LogP contribution in [0.1, 0.15) is 17.5 Å². The Hall–Kier alpha value is -1.05. The van der Waals surface area contributed by atoms with Gasteiger partial charge in [-0.15, -0.1) is 0 Å². The van der Waals surface area contributed by atoms with Crippen LogP contribution in [0.15, 0.2) is 18.2 Å². The molecular formula is C13H17FN2O2S2. The fraction of sp³-hybridized carbons (Fsp3) is 0.462. The number of nitrogens with two attached hydrogens (primary N) is 1. The van der Waals surface area contributed by atoms with Gasteiger partial charge in [0.05, 0.1) is 11.5 Å². The summed E-state index contributed by atoms with van der Waals surface area (Å²) in [4.78, 5) is 2.09. The van der Waals surface area contributed by atoms with Gasteiger partial charge in [-0.3, -0.25) is 4.90 Å². The Kier molecular flexibility index (Phi) is 4.72. The zero-order valence-electron chi connectivity index (χ0n) is 11.0. The maximum Gasteiger partial charge on any atom is 0.151 e. The molecule has 0 radical (unpaired) electrons. The van der Waals surface area contributed by atoms with Crippen molar-refractivity contribution in [3.05, 3.63) is 35.1 Å². The van der Waals surface area contributed by atoms with Gasteiger partial charge < -0.3 is 5.73 Å². The molecule has 7 heteroatoms. The lowest BCUT2D eigenvalue weighted by Gasteiger charge is -2.19. The standard InChI is InChI=1S/C13H17FN2O2S2/c14-12-3-2-10(8-11(12)13(15)19)9-16-4-1-6-20(17,18)7-5-16/h2-3,8H,1,4-7,9H2,(H2,15,19). The SMILES string of the molecule is NC(=S)c1cc(CN2CCCS(=O)(=O)CC2)ccc1F. The Morgan fingerprint density at radius 1 is 1.35 bits per heavy atom. The predicted octanol–water partition coefficient (Wildman–Crippen LogP) is 1.08. The van der Waals surface area contributed by atoms with Crippen LogP contribution in [-0.4, -0.2) is 42.9 Å². The van der Waals surface area contributed by atoms with Crippen LogP contribution in [0.3, 0.4) is 0 Å². The average molecular weight is 316 g/mol. The van der Waals surface area contributed by atoms with E-state index in [1.54, 1.807) is 12.1 Å². The molecule has 0 aromatic heterocycles. The maximum absolute atomic E-state index is 13.5. The number of halogens is 1. The van der Waals surface area contributed by atoms with Crippen LogP contribution in [0.4, 0.5) is 4.39 Å². The Labute approximate surface area is 123 Å². The van der Waals surface area contributed by atoms with E-state index < -0.39 is 15.7 Å². The van der Waals surface area contributed by atoms with E-state index in [4.69, 9.17) is 18.0 Å². The first-order chi connectivity index (χ1) is 9.37. The summed E-state index contributed by atoms with van der Waals surface area (Å²) < 4.78 is 36.6. The highest BCUT2D eigenvalue weighted by molar-refractivity contribution is 7.91. The second-order valence-corrected chi connectivity index (χ2v) is 7.70. The molecule has 1 aromatic carbocycles. The van der Waals surface area contributed by atoms with Crippen LogP contribution in [-0.2, 0) is 16.4 Å². The Morgan fingerprint density at radius 2 is 2.10 bits per heavy atom. The molecule has 1 aliphatic rings. The van der Waals surface area contributed by atoms with E-state index in [-0.39, 0.29) is 22.1 Å². The van der Waals surface area contributed by atoms with E-state index in [1.807, 2.05) is 0 Å². The molecule has 20 heavy (non-hydrogen) atoms. The third-order valence-electron chi connectivity index (χ3n) is 3.35. The van der Waals surface area contributed by atoms with E-state index in [1.165, 1.54) is 6.07 Å². The molecule has 1 aromatic rings. The summed E-state index contributed by atoms with van der Waals surface area (Å²) in [6.07, 6.45) is 0.631. The van der Waals surface area contributed by atoms with Gasteiger partial charge in [0.2, 0.25) is 0 Å². The van der Waals surface area contributed by atoms with Gasteiger partial charge >= 0.3 is 0 Å². The summed E-state index contributed by atoms with van der Waals surface area (Å²) in [6.45, 7) is 1.80. The predicted molar refractivity (Wildman–Crippen MR) is 80.8 cm³/mol. The van der Waals surface area contributed by atoms with Crippen LogP contribution < -0.4 is 5.73 Å². The highest BCUT2D eigenvalue weighted by atomic mass is 32.2. The van der Waals surface area contributed by atoms with Crippen molar-refractivity contribution >= 4 is 27.0 Å². The smallest absolute Gasteiger partial charge is 0.151 e. The fourth-order valence-electron chi connectivity index (χ4n) is 2.27. The zero-order chi connectivity index (χ0) is 14.8. The third kappa shape index (κ3) is 3.97. The minimum atomic E-state index is -2.92.